The summed E-state index contributed by atoms with van der Waals surface area (Å²) in [5.74, 6) is 0. The van der Waals surface area contributed by atoms with Crippen molar-refractivity contribution in [3.8, 4) is 6.07 Å². The fourth-order valence-corrected chi connectivity index (χ4v) is 0.920. The molecule has 0 aliphatic carbocycles. The Hall–Kier alpha value is -1.04. The number of hydrazone groups is 1. The maximum atomic E-state index is 8.26. The van der Waals surface area contributed by atoms with E-state index in [4.69, 9.17) is 5.26 Å². The second-order valence-corrected chi connectivity index (χ2v) is 2.98. The predicted octanol–water partition coefficient (Wildman–Crippen LogP) is 2.45. The van der Waals surface area contributed by atoms with E-state index in [0.717, 1.165) is 19.4 Å². The van der Waals surface area contributed by atoms with Crippen molar-refractivity contribution in [1.29, 1.82) is 5.26 Å². The van der Waals surface area contributed by atoms with Gasteiger partial charge in [0.1, 0.15) is 0 Å². The third kappa shape index (κ3) is 11.0. The van der Waals surface area contributed by atoms with Gasteiger partial charge in [-0.15, -0.1) is 0 Å². The molecule has 13 heavy (non-hydrogen) atoms. The van der Waals surface area contributed by atoms with E-state index in [1.54, 1.807) is 0 Å². The van der Waals surface area contributed by atoms with Crippen LogP contribution in [-0.4, -0.2) is 12.8 Å². The number of hydrogen-bond donors (Lipinski definition) is 1. The van der Waals surface area contributed by atoms with Crippen LogP contribution in [0.4, 0.5) is 0 Å². The van der Waals surface area contributed by atoms with E-state index in [1.807, 2.05) is 6.21 Å². The van der Waals surface area contributed by atoms with Crippen molar-refractivity contribution in [2.75, 3.05) is 6.54 Å². The summed E-state index contributed by atoms with van der Waals surface area (Å²) >= 11 is 0. The largest absolute Gasteiger partial charge is 0.310 e. The van der Waals surface area contributed by atoms with Gasteiger partial charge in [0.2, 0.25) is 0 Å². The van der Waals surface area contributed by atoms with Gasteiger partial charge in [-0.3, -0.25) is 0 Å². The van der Waals surface area contributed by atoms with E-state index in [1.165, 1.54) is 19.3 Å². The van der Waals surface area contributed by atoms with Crippen LogP contribution in [0.2, 0.25) is 0 Å². The van der Waals surface area contributed by atoms with Crippen LogP contribution in [0.5, 0.6) is 0 Å². The molecule has 0 saturated carbocycles. The number of nitrogens with zero attached hydrogens (tertiary/aromatic N) is 2. The quantitative estimate of drug-likeness (QED) is 0.355. The molecular weight excluding hydrogens is 162 g/mol. The minimum atomic E-state index is 0.627. The molecule has 0 spiro atoms. The van der Waals surface area contributed by atoms with Gasteiger partial charge in [0.15, 0.2) is 0 Å². The molecule has 0 fully saturated rings. The minimum absolute atomic E-state index is 0.627. The molecule has 0 aliphatic heterocycles. The Morgan fingerprint density at radius 3 is 2.92 bits per heavy atom. The third-order valence-electron chi connectivity index (χ3n) is 1.70. The molecule has 1 N–H and O–H groups in total. The lowest BCUT2D eigenvalue weighted by atomic mass is 10.2. The molecule has 0 aliphatic rings. The van der Waals surface area contributed by atoms with Crippen LogP contribution < -0.4 is 5.43 Å². The van der Waals surface area contributed by atoms with Crippen LogP contribution in [0.15, 0.2) is 5.10 Å². The molecule has 0 heterocycles. The molecule has 0 radical (unpaired) electrons. The standard InChI is InChI=1S/C10H19N3/c1-2-3-6-9-12-13-10-7-4-5-8-11/h10,12H,2-7,9H2,1H3/b13-10+. The van der Waals surface area contributed by atoms with Crippen molar-refractivity contribution in [3.05, 3.63) is 0 Å². The van der Waals surface area contributed by atoms with Gasteiger partial charge in [-0.1, -0.05) is 19.8 Å². The molecule has 74 valence electrons. The summed E-state index contributed by atoms with van der Waals surface area (Å²) in [5, 5.41) is 12.3. The molecule has 0 atom stereocenters. The van der Waals surface area contributed by atoms with Gasteiger partial charge in [-0.2, -0.15) is 10.4 Å². The van der Waals surface area contributed by atoms with Gasteiger partial charge in [0.05, 0.1) is 6.07 Å². The molecule has 0 aromatic heterocycles. The number of nitriles is 1. The highest BCUT2D eigenvalue weighted by atomic mass is 15.3. The molecule has 0 bridgehead atoms. The molecule has 0 amide bonds. The molecule has 0 saturated heterocycles. The number of rotatable bonds is 8. The van der Waals surface area contributed by atoms with Crippen molar-refractivity contribution in [1.82, 2.24) is 5.43 Å². The first-order chi connectivity index (χ1) is 6.41. The molecule has 0 aromatic rings. The molecule has 0 rings (SSSR count). The summed E-state index contributed by atoms with van der Waals surface area (Å²) in [5.41, 5.74) is 2.98. The Bertz CT molecular complexity index is 158. The van der Waals surface area contributed by atoms with Gasteiger partial charge in [0, 0.05) is 19.2 Å². The number of unbranched alkanes of at least 4 members (excludes halogenated alkanes) is 4. The Morgan fingerprint density at radius 2 is 2.23 bits per heavy atom. The molecule has 0 unspecified atom stereocenters. The Kier molecular flexibility index (Phi) is 10.1. The zero-order valence-corrected chi connectivity index (χ0v) is 8.42. The van der Waals surface area contributed by atoms with Crippen molar-refractivity contribution in [3.63, 3.8) is 0 Å². The average molecular weight is 181 g/mol. The smallest absolute Gasteiger partial charge is 0.0621 e. The fourth-order valence-electron chi connectivity index (χ4n) is 0.920. The lowest BCUT2D eigenvalue weighted by Crippen LogP contribution is -2.07. The normalized spacial score (nSPS) is 10.2. The van der Waals surface area contributed by atoms with Gasteiger partial charge in [0.25, 0.3) is 0 Å². The average Bonchev–Trinajstić information content (AvgIpc) is 2.16. The van der Waals surface area contributed by atoms with E-state index in [2.05, 4.69) is 23.5 Å². The third-order valence-corrected chi connectivity index (χ3v) is 1.70. The molecule has 3 heteroatoms. The lowest BCUT2D eigenvalue weighted by molar-refractivity contribution is 0.639. The van der Waals surface area contributed by atoms with Crippen LogP contribution in [0.1, 0.15) is 45.4 Å². The van der Waals surface area contributed by atoms with Crippen molar-refractivity contribution >= 4 is 6.21 Å². The second kappa shape index (κ2) is 11.0. The molecular formula is C10H19N3. The predicted molar refractivity (Wildman–Crippen MR) is 55.5 cm³/mol. The Morgan fingerprint density at radius 1 is 1.38 bits per heavy atom. The zero-order chi connectivity index (χ0) is 9.78. The first-order valence-corrected chi connectivity index (χ1v) is 5.03. The summed E-state index contributed by atoms with van der Waals surface area (Å²) in [6.45, 7) is 3.15. The van der Waals surface area contributed by atoms with Crippen LogP contribution in [0, 0.1) is 11.3 Å². The zero-order valence-electron chi connectivity index (χ0n) is 8.42. The van der Waals surface area contributed by atoms with Crippen molar-refractivity contribution in [2.24, 2.45) is 5.10 Å². The van der Waals surface area contributed by atoms with Crippen LogP contribution in [0.3, 0.4) is 0 Å². The van der Waals surface area contributed by atoms with Gasteiger partial charge >= 0.3 is 0 Å². The monoisotopic (exact) mass is 181 g/mol. The fraction of sp³-hybridized carbons (Fsp3) is 0.800. The first kappa shape index (κ1) is 12.0. The topological polar surface area (TPSA) is 48.2 Å². The van der Waals surface area contributed by atoms with Crippen molar-refractivity contribution < 1.29 is 0 Å². The molecule has 0 aromatic carbocycles. The summed E-state index contributed by atoms with van der Waals surface area (Å²) < 4.78 is 0. The Balaban J connectivity index is 3.00. The van der Waals surface area contributed by atoms with Crippen LogP contribution in [0.25, 0.3) is 0 Å². The van der Waals surface area contributed by atoms with Crippen LogP contribution >= 0.6 is 0 Å². The minimum Gasteiger partial charge on any atom is -0.310 e. The maximum absolute atomic E-state index is 8.26. The van der Waals surface area contributed by atoms with E-state index in [-0.39, 0.29) is 0 Å². The van der Waals surface area contributed by atoms with Gasteiger partial charge in [-0.25, -0.2) is 0 Å². The summed E-state index contributed by atoms with van der Waals surface area (Å²) in [4.78, 5) is 0. The lowest BCUT2D eigenvalue weighted by Gasteiger charge is -1.97. The highest BCUT2D eigenvalue weighted by molar-refractivity contribution is 5.56. The SMILES string of the molecule is CCCCCN/N=C/CCCC#N. The molecule has 3 nitrogen and oxygen atoms in total. The van der Waals surface area contributed by atoms with Crippen molar-refractivity contribution in [2.45, 2.75) is 45.4 Å². The van der Waals surface area contributed by atoms with E-state index in [9.17, 15) is 0 Å². The van der Waals surface area contributed by atoms with Gasteiger partial charge < -0.3 is 5.43 Å². The van der Waals surface area contributed by atoms with E-state index < -0.39 is 0 Å². The summed E-state index contributed by atoms with van der Waals surface area (Å²) in [7, 11) is 0. The number of nitrogens with one attached hydrogen (secondary N) is 1. The Labute approximate surface area is 80.8 Å². The van der Waals surface area contributed by atoms with Crippen LogP contribution in [-0.2, 0) is 0 Å². The first-order valence-electron chi connectivity index (χ1n) is 5.03. The summed E-state index contributed by atoms with van der Waals surface area (Å²) in [6, 6.07) is 2.10. The summed E-state index contributed by atoms with van der Waals surface area (Å²) in [6.07, 6.45) is 7.98. The maximum Gasteiger partial charge on any atom is 0.0621 e. The van der Waals surface area contributed by atoms with E-state index in [0.29, 0.717) is 6.42 Å². The highest BCUT2D eigenvalue weighted by Crippen LogP contribution is 1.91. The van der Waals surface area contributed by atoms with E-state index >= 15 is 0 Å². The van der Waals surface area contributed by atoms with Gasteiger partial charge in [-0.05, 0) is 19.3 Å². The number of hydrogen-bond acceptors (Lipinski definition) is 3. The highest BCUT2D eigenvalue weighted by Gasteiger charge is 1.83. The second-order valence-electron chi connectivity index (χ2n) is 2.98.